The molecule has 0 spiro atoms. The van der Waals surface area contributed by atoms with E-state index in [1.54, 1.807) is 25.2 Å². The van der Waals surface area contributed by atoms with Crippen LogP contribution in [0, 0.1) is 0 Å². The van der Waals surface area contributed by atoms with Crippen LogP contribution in [-0.2, 0) is 23.1 Å². The van der Waals surface area contributed by atoms with Gasteiger partial charge in [0.1, 0.15) is 16.4 Å². The SMILES string of the molecule is COc1ccc(C(=O)N(C)Cc2ccco2)cc1S(=O)(=O)N(C)Cc1ccccc1. The number of carbonyl (C=O) groups excluding carboxylic acids is 1. The summed E-state index contributed by atoms with van der Waals surface area (Å²) in [6.07, 6.45) is 1.54. The van der Waals surface area contributed by atoms with Gasteiger partial charge in [0.15, 0.2) is 0 Å². The molecule has 1 aromatic heterocycles. The van der Waals surface area contributed by atoms with E-state index in [9.17, 15) is 13.2 Å². The second kappa shape index (κ2) is 9.15. The molecule has 0 unspecified atom stereocenters. The minimum absolute atomic E-state index is 0.0549. The number of furan rings is 1. The van der Waals surface area contributed by atoms with E-state index in [1.807, 2.05) is 30.3 Å². The first-order chi connectivity index (χ1) is 14.3. The van der Waals surface area contributed by atoms with E-state index in [2.05, 4.69) is 0 Å². The third-order valence-electron chi connectivity index (χ3n) is 4.67. The maximum atomic E-state index is 13.2. The molecular weight excluding hydrogens is 404 g/mol. The Hall–Kier alpha value is -3.10. The van der Waals surface area contributed by atoms with Crippen LogP contribution < -0.4 is 4.74 Å². The van der Waals surface area contributed by atoms with Gasteiger partial charge in [0, 0.05) is 26.2 Å². The molecule has 3 aromatic rings. The monoisotopic (exact) mass is 428 g/mol. The average molecular weight is 429 g/mol. The lowest BCUT2D eigenvalue weighted by atomic mass is 10.2. The van der Waals surface area contributed by atoms with Crippen molar-refractivity contribution in [2.24, 2.45) is 0 Å². The van der Waals surface area contributed by atoms with Gasteiger partial charge in [-0.05, 0) is 35.9 Å². The number of methoxy groups -OCH3 is 1. The normalized spacial score (nSPS) is 11.5. The molecule has 158 valence electrons. The van der Waals surface area contributed by atoms with E-state index in [-0.39, 0.29) is 35.2 Å². The summed E-state index contributed by atoms with van der Waals surface area (Å²) in [6, 6.07) is 17.2. The molecule has 2 aromatic carbocycles. The first-order valence-electron chi connectivity index (χ1n) is 9.29. The third-order valence-corrected chi connectivity index (χ3v) is 6.49. The smallest absolute Gasteiger partial charge is 0.254 e. The predicted molar refractivity (Wildman–Crippen MR) is 113 cm³/mol. The van der Waals surface area contributed by atoms with Gasteiger partial charge in [-0.3, -0.25) is 4.79 Å². The topological polar surface area (TPSA) is 80.1 Å². The number of nitrogens with zero attached hydrogens (tertiary/aromatic N) is 2. The fourth-order valence-electron chi connectivity index (χ4n) is 3.03. The lowest BCUT2D eigenvalue weighted by Gasteiger charge is -2.21. The molecular formula is C22H24N2O5S. The van der Waals surface area contributed by atoms with Crippen molar-refractivity contribution >= 4 is 15.9 Å². The lowest BCUT2D eigenvalue weighted by Crippen LogP contribution is -2.28. The van der Waals surface area contributed by atoms with Gasteiger partial charge in [-0.2, -0.15) is 4.31 Å². The predicted octanol–water partition coefficient (Wildman–Crippen LogP) is 3.38. The van der Waals surface area contributed by atoms with Gasteiger partial charge in [-0.1, -0.05) is 30.3 Å². The zero-order chi connectivity index (χ0) is 21.7. The number of benzene rings is 2. The molecule has 0 bridgehead atoms. The number of hydrogen-bond donors (Lipinski definition) is 0. The molecule has 0 radical (unpaired) electrons. The van der Waals surface area contributed by atoms with Crippen molar-refractivity contribution in [1.82, 2.24) is 9.21 Å². The van der Waals surface area contributed by atoms with Crippen LogP contribution >= 0.6 is 0 Å². The summed E-state index contributed by atoms with van der Waals surface area (Å²) in [6.45, 7) is 0.469. The number of ether oxygens (including phenoxy) is 1. The van der Waals surface area contributed by atoms with Crippen molar-refractivity contribution in [3.05, 3.63) is 83.8 Å². The fraction of sp³-hybridized carbons (Fsp3) is 0.227. The highest BCUT2D eigenvalue weighted by Crippen LogP contribution is 2.28. The summed E-state index contributed by atoms with van der Waals surface area (Å²) in [7, 11) is 0.635. The van der Waals surface area contributed by atoms with Crippen LogP contribution in [0.2, 0.25) is 0 Å². The molecule has 0 atom stereocenters. The Morgan fingerprint density at radius 1 is 1.00 bits per heavy atom. The molecule has 0 aliphatic rings. The summed E-state index contributed by atoms with van der Waals surface area (Å²) in [4.78, 5) is 14.3. The zero-order valence-electron chi connectivity index (χ0n) is 17.1. The van der Waals surface area contributed by atoms with E-state index >= 15 is 0 Å². The minimum Gasteiger partial charge on any atom is -0.495 e. The number of rotatable bonds is 8. The molecule has 0 N–H and O–H groups in total. The largest absolute Gasteiger partial charge is 0.495 e. The summed E-state index contributed by atoms with van der Waals surface area (Å²) in [5.74, 6) is 0.492. The van der Waals surface area contributed by atoms with Gasteiger partial charge in [0.2, 0.25) is 10.0 Å². The molecule has 0 saturated heterocycles. The summed E-state index contributed by atoms with van der Waals surface area (Å²) in [5, 5.41) is 0. The molecule has 0 aliphatic carbocycles. The summed E-state index contributed by atoms with van der Waals surface area (Å²) in [5.41, 5.74) is 1.10. The standard InChI is InChI=1S/C22H24N2O5S/c1-23(16-19-10-7-13-29-19)22(25)18-11-12-20(28-3)21(14-18)30(26,27)24(2)15-17-8-5-4-6-9-17/h4-14H,15-16H2,1-3H3. The first-order valence-corrected chi connectivity index (χ1v) is 10.7. The van der Waals surface area contributed by atoms with Crippen LogP contribution in [0.3, 0.4) is 0 Å². The van der Waals surface area contributed by atoms with Crippen molar-refractivity contribution in [2.75, 3.05) is 21.2 Å². The second-order valence-corrected chi connectivity index (χ2v) is 8.87. The van der Waals surface area contributed by atoms with E-state index in [0.717, 1.165) is 5.56 Å². The Bertz CT molecular complexity index is 1100. The second-order valence-electron chi connectivity index (χ2n) is 6.85. The highest BCUT2D eigenvalue weighted by atomic mass is 32.2. The molecule has 1 amide bonds. The van der Waals surface area contributed by atoms with Crippen LogP contribution in [-0.4, -0.2) is 44.7 Å². The zero-order valence-corrected chi connectivity index (χ0v) is 17.9. The van der Waals surface area contributed by atoms with E-state index < -0.39 is 10.0 Å². The van der Waals surface area contributed by atoms with Gasteiger partial charge in [-0.25, -0.2) is 8.42 Å². The Morgan fingerprint density at radius 2 is 1.73 bits per heavy atom. The van der Waals surface area contributed by atoms with Crippen LogP contribution in [0.4, 0.5) is 0 Å². The first kappa shape index (κ1) is 21.6. The highest BCUT2D eigenvalue weighted by molar-refractivity contribution is 7.89. The molecule has 1 heterocycles. The number of sulfonamides is 1. The number of carbonyl (C=O) groups is 1. The lowest BCUT2D eigenvalue weighted by molar-refractivity contribution is 0.0775. The Labute approximate surface area is 176 Å². The van der Waals surface area contributed by atoms with Crippen molar-refractivity contribution in [3.63, 3.8) is 0 Å². The summed E-state index contributed by atoms with van der Waals surface area (Å²) < 4.78 is 38.2. The van der Waals surface area contributed by atoms with Gasteiger partial charge >= 0.3 is 0 Å². The quantitative estimate of drug-likeness (QED) is 0.550. The van der Waals surface area contributed by atoms with Crippen LogP contribution in [0.25, 0.3) is 0 Å². The van der Waals surface area contributed by atoms with Gasteiger partial charge in [-0.15, -0.1) is 0 Å². The maximum absolute atomic E-state index is 13.2. The van der Waals surface area contributed by atoms with Gasteiger partial charge in [0.05, 0.1) is 19.9 Å². The van der Waals surface area contributed by atoms with E-state index in [1.165, 1.54) is 41.8 Å². The van der Waals surface area contributed by atoms with Crippen molar-refractivity contribution in [3.8, 4) is 5.75 Å². The van der Waals surface area contributed by atoms with E-state index in [0.29, 0.717) is 5.76 Å². The van der Waals surface area contributed by atoms with Crippen LogP contribution in [0.5, 0.6) is 5.75 Å². The Balaban J connectivity index is 1.88. The number of amides is 1. The highest BCUT2D eigenvalue weighted by Gasteiger charge is 2.27. The molecule has 0 aliphatic heterocycles. The molecule has 7 nitrogen and oxygen atoms in total. The molecule has 0 saturated carbocycles. The molecule has 8 heteroatoms. The Morgan fingerprint density at radius 3 is 2.37 bits per heavy atom. The maximum Gasteiger partial charge on any atom is 0.254 e. The van der Waals surface area contributed by atoms with Crippen LogP contribution in [0.15, 0.2) is 76.2 Å². The summed E-state index contributed by atoms with van der Waals surface area (Å²) >= 11 is 0. The van der Waals surface area contributed by atoms with Crippen molar-refractivity contribution in [1.29, 1.82) is 0 Å². The molecule has 3 rings (SSSR count). The third kappa shape index (κ3) is 4.72. The number of hydrogen-bond acceptors (Lipinski definition) is 5. The Kier molecular flexibility index (Phi) is 6.59. The van der Waals surface area contributed by atoms with Crippen molar-refractivity contribution in [2.45, 2.75) is 18.0 Å². The average Bonchev–Trinajstić information content (AvgIpc) is 3.26. The minimum atomic E-state index is -3.89. The van der Waals surface area contributed by atoms with Gasteiger partial charge in [0.25, 0.3) is 5.91 Å². The van der Waals surface area contributed by atoms with Crippen molar-refractivity contribution < 1.29 is 22.4 Å². The van der Waals surface area contributed by atoms with Gasteiger partial charge < -0.3 is 14.1 Å². The van der Waals surface area contributed by atoms with Crippen LogP contribution in [0.1, 0.15) is 21.7 Å². The molecule has 0 fully saturated rings. The molecule has 30 heavy (non-hydrogen) atoms. The fourth-order valence-corrected chi connectivity index (χ4v) is 4.37. The van der Waals surface area contributed by atoms with E-state index in [4.69, 9.17) is 9.15 Å².